The first-order valence-corrected chi connectivity index (χ1v) is 13.9. The first kappa shape index (κ1) is 25.8. The van der Waals surface area contributed by atoms with E-state index in [1.807, 2.05) is 28.5 Å². The number of aryl methyl sites for hydroxylation is 4. The van der Waals surface area contributed by atoms with Crippen molar-refractivity contribution in [2.24, 2.45) is 12.8 Å². The van der Waals surface area contributed by atoms with Crippen molar-refractivity contribution in [1.29, 1.82) is 0 Å². The molecule has 0 fully saturated rings. The minimum atomic E-state index is 0.719. The minimum Gasteiger partial charge on any atom is -0.496 e. The minimum absolute atomic E-state index is 0.719. The van der Waals surface area contributed by atoms with Crippen molar-refractivity contribution in [3.05, 3.63) is 101 Å². The number of benzene rings is 3. The van der Waals surface area contributed by atoms with E-state index in [1.54, 1.807) is 18.4 Å². The summed E-state index contributed by atoms with van der Waals surface area (Å²) in [4.78, 5) is 4.93. The van der Waals surface area contributed by atoms with Crippen LogP contribution in [0, 0.1) is 0 Å². The van der Waals surface area contributed by atoms with Crippen LogP contribution in [-0.2, 0) is 26.3 Å². The maximum Gasteiger partial charge on any atom is 0.167 e. The van der Waals surface area contributed by atoms with Gasteiger partial charge in [0.05, 0.1) is 23.6 Å². The van der Waals surface area contributed by atoms with Gasteiger partial charge in [0.25, 0.3) is 0 Å². The highest BCUT2D eigenvalue weighted by Crippen LogP contribution is 2.33. The van der Waals surface area contributed by atoms with Crippen molar-refractivity contribution in [2.45, 2.75) is 32.1 Å². The van der Waals surface area contributed by atoms with E-state index in [-0.39, 0.29) is 0 Å². The van der Waals surface area contributed by atoms with E-state index in [2.05, 4.69) is 77.5 Å². The molecule has 0 spiro atoms. The Morgan fingerprint density at radius 1 is 0.921 bits per heavy atom. The maximum absolute atomic E-state index is 5.77. The zero-order valence-corrected chi connectivity index (χ0v) is 22.8. The lowest BCUT2D eigenvalue weighted by atomic mass is 10.0. The first-order valence-electron chi connectivity index (χ1n) is 13.1. The summed E-state index contributed by atoms with van der Waals surface area (Å²) < 4.78 is 9.60. The summed E-state index contributed by atoms with van der Waals surface area (Å²) in [6.07, 6.45) is 6.98. The molecular formula is C31H34N5OS+. The lowest BCUT2D eigenvalue weighted by Gasteiger charge is -2.06. The van der Waals surface area contributed by atoms with Gasteiger partial charge in [-0.15, -0.1) is 20.7 Å². The van der Waals surface area contributed by atoms with Crippen LogP contribution in [0.2, 0.25) is 0 Å². The monoisotopic (exact) mass is 524 g/mol. The number of methoxy groups -OCH3 is 1. The number of nitrogens with two attached hydrogens (primary N) is 1. The Kier molecular flexibility index (Phi) is 8.26. The van der Waals surface area contributed by atoms with Crippen molar-refractivity contribution >= 4 is 11.3 Å². The lowest BCUT2D eigenvalue weighted by molar-refractivity contribution is -0.661. The van der Waals surface area contributed by atoms with E-state index >= 15 is 0 Å². The molecule has 5 rings (SSSR count). The van der Waals surface area contributed by atoms with Crippen molar-refractivity contribution in [3.8, 4) is 33.1 Å². The van der Waals surface area contributed by atoms with E-state index in [4.69, 9.17) is 15.5 Å². The van der Waals surface area contributed by atoms with Gasteiger partial charge in [0.15, 0.2) is 17.6 Å². The molecule has 0 aliphatic carbocycles. The van der Waals surface area contributed by atoms with Crippen LogP contribution < -0.4 is 15.2 Å². The SMILES string of the molecule is COc1cc(-[n+]2cc(CCCCN)n(C)n2)ccc1-c1nc(CCc2ccc(-c3ccccc3)cc2)cs1. The van der Waals surface area contributed by atoms with Gasteiger partial charge in [0, 0.05) is 17.9 Å². The van der Waals surface area contributed by atoms with E-state index in [1.165, 1.54) is 22.4 Å². The van der Waals surface area contributed by atoms with Crippen molar-refractivity contribution in [1.82, 2.24) is 14.9 Å². The predicted molar refractivity (Wildman–Crippen MR) is 154 cm³/mol. The van der Waals surface area contributed by atoms with Crippen molar-refractivity contribution < 1.29 is 9.42 Å². The second-order valence-electron chi connectivity index (χ2n) is 9.42. The van der Waals surface area contributed by atoms with Crippen LogP contribution in [0.25, 0.3) is 27.4 Å². The molecule has 194 valence electrons. The molecular weight excluding hydrogens is 490 g/mol. The van der Waals surface area contributed by atoms with Crippen LogP contribution in [0.4, 0.5) is 0 Å². The zero-order valence-electron chi connectivity index (χ0n) is 22.0. The third-order valence-corrected chi connectivity index (χ3v) is 7.69. The maximum atomic E-state index is 5.77. The van der Waals surface area contributed by atoms with E-state index in [0.29, 0.717) is 0 Å². The number of unbranched alkanes of at least 4 members (excludes halogenated alkanes) is 1. The second kappa shape index (κ2) is 12.2. The zero-order chi connectivity index (χ0) is 26.3. The molecule has 2 aromatic heterocycles. The molecule has 0 atom stereocenters. The normalized spacial score (nSPS) is 11.1. The molecule has 6 nitrogen and oxygen atoms in total. The summed E-state index contributed by atoms with van der Waals surface area (Å²) in [5, 5.41) is 7.77. The largest absolute Gasteiger partial charge is 0.496 e. The summed E-state index contributed by atoms with van der Waals surface area (Å²) in [6, 6.07) is 25.5. The smallest absolute Gasteiger partial charge is 0.167 e. The number of aromatic nitrogens is 4. The highest BCUT2D eigenvalue weighted by Gasteiger charge is 2.18. The van der Waals surface area contributed by atoms with Crippen molar-refractivity contribution in [2.75, 3.05) is 13.7 Å². The number of rotatable bonds is 11. The quantitative estimate of drug-likeness (QED) is 0.181. The van der Waals surface area contributed by atoms with Crippen LogP contribution >= 0.6 is 11.3 Å². The second-order valence-corrected chi connectivity index (χ2v) is 10.3. The molecule has 7 heteroatoms. The predicted octanol–water partition coefficient (Wildman–Crippen LogP) is 5.56. The first-order chi connectivity index (χ1) is 18.6. The summed E-state index contributed by atoms with van der Waals surface area (Å²) >= 11 is 1.66. The topological polar surface area (TPSA) is 69.8 Å². The number of thiazole rings is 1. The Labute approximate surface area is 228 Å². The number of ether oxygens (including phenoxy) is 1. The molecule has 3 aromatic carbocycles. The molecule has 0 aliphatic heterocycles. The molecule has 0 saturated carbocycles. The van der Waals surface area contributed by atoms with Gasteiger partial charge in [-0.05, 0) is 61.1 Å². The number of hydrogen-bond donors (Lipinski definition) is 1. The number of nitrogens with zero attached hydrogens (tertiary/aromatic N) is 4. The number of hydrogen-bond acceptors (Lipinski definition) is 5. The molecule has 0 amide bonds. The fourth-order valence-electron chi connectivity index (χ4n) is 4.57. The van der Waals surface area contributed by atoms with Gasteiger partial charge >= 0.3 is 0 Å². The Hall–Kier alpha value is -3.81. The van der Waals surface area contributed by atoms with Crippen LogP contribution in [0.3, 0.4) is 0 Å². The Balaban J connectivity index is 1.26. The molecule has 38 heavy (non-hydrogen) atoms. The van der Waals surface area contributed by atoms with Gasteiger partial charge in [-0.1, -0.05) is 54.6 Å². The van der Waals surface area contributed by atoms with Gasteiger partial charge in [0.2, 0.25) is 0 Å². The molecule has 2 heterocycles. The molecule has 0 saturated heterocycles. The highest BCUT2D eigenvalue weighted by molar-refractivity contribution is 7.13. The Morgan fingerprint density at radius 3 is 2.47 bits per heavy atom. The molecule has 0 bridgehead atoms. The fraction of sp³-hybridized carbons (Fsp3) is 0.258. The Morgan fingerprint density at radius 2 is 1.71 bits per heavy atom. The van der Waals surface area contributed by atoms with Gasteiger partial charge in [0.1, 0.15) is 17.8 Å². The van der Waals surface area contributed by atoms with E-state index < -0.39 is 0 Å². The van der Waals surface area contributed by atoms with Crippen molar-refractivity contribution in [3.63, 3.8) is 0 Å². The fourth-order valence-corrected chi connectivity index (χ4v) is 5.45. The molecule has 5 aromatic rings. The third-order valence-electron chi connectivity index (χ3n) is 6.77. The third kappa shape index (κ3) is 6.01. The van der Waals surface area contributed by atoms with Crippen LogP contribution in [-0.4, -0.2) is 28.5 Å². The van der Waals surface area contributed by atoms with Gasteiger partial charge in [-0.3, -0.25) is 0 Å². The summed E-state index contributed by atoms with van der Waals surface area (Å²) in [5.74, 6) is 0.794. The average molecular weight is 525 g/mol. The van der Waals surface area contributed by atoms with Crippen LogP contribution in [0.15, 0.2) is 84.4 Å². The van der Waals surface area contributed by atoms with Crippen LogP contribution in [0.1, 0.15) is 29.8 Å². The molecule has 2 N–H and O–H groups in total. The van der Waals surface area contributed by atoms with E-state index in [0.717, 1.165) is 66.4 Å². The van der Waals surface area contributed by atoms with Gasteiger partial charge < -0.3 is 10.5 Å². The van der Waals surface area contributed by atoms with Gasteiger partial charge in [-0.25, -0.2) is 4.98 Å². The average Bonchev–Trinajstić information content (AvgIpc) is 3.59. The molecule has 0 aliphatic rings. The van der Waals surface area contributed by atoms with Crippen LogP contribution in [0.5, 0.6) is 5.75 Å². The summed E-state index contributed by atoms with van der Waals surface area (Å²) in [6.45, 7) is 0.719. The van der Waals surface area contributed by atoms with E-state index in [9.17, 15) is 0 Å². The molecule has 0 radical (unpaired) electrons. The molecule has 0 unspecified atom stereocenters. The summed E-state index contributed by atoms with van der Waals surface area (Å²) in [7, 11) is 3.69. The standard InChI is InChI=1S/C31H34N5OS/c1-35-28(10-6-7-19-32)21-36(34-35)27-17-18-29(30(20-27)37-2)31-33-26(22-38-31)16-13-23-11-14-25(15-12-23)24-8-4-3-5-9-24/h3-5,8-9,11-12,14-15,17-18,20-22H,6-7,10,13,16,19,32H2,1-2H3/q+1. The lowest BCUT2D eigenvalue weighted by Crippen LogP contribution is -2.32. The Bertz CT molecular complexity index is 1470. The highest BCUT2D eigenvalue weighted by atomic mass is 32.1. The van der Waals surface area contributed by atoms with Gasteiger partial charge in [-0.2, -0.15) is 0 Å². The summed E-state index contributed by atoms with van der Waals surface area (Å²) in [5.41, 5.74) is 13.7.